The molecule has 0 saturated carbocycles. The smallest absolute Gasteiger partial charge is 0.243 e. The summed E-state index contributed by atoms with van der Waals surface area (Å²) >= 11 is 0. The number of aryl methyl sites for hydroxylation is 1. The highest BCUT2D eigenvalue weighted by Gasteiger charge is 2.05. The molecule has 0 bridgehead atoms. The van der Waals surface area contributed by atoms with Gasteiger partial charge in [-0.2, -0.15) is 0 Å². The van der Waals surface area contributed by atoms with Crippen molar-refractivity contribution in [1.29, 1.82) is 0 Å². The van der Waals surface area contributed by atoms with Crippen molar-refractivity contribution in [2.24, 2.45) is 0 Å². The molecule has 0 aliphatic rings. The summed E-state index contributed by atoms with van der Waals surface area (Å²) < 4.78 is 0. The zero-order valence-electron chi connectivity index (χ0n) is 9.75. The number of hydrogen-bond donors (Lipinski definition) is 2. The van der Waals surface area contributed by atoms with Crippen LogP contribution < -0.4 is 11.2 Å². The third-order valence-corrected chi connectivity index (χ3v) is 2.41. The zero-order chi connectivity index (χ0) is 12.0. The summed E-state index contributed by atoms with van der Waals surface area (Å²) in [6.07, 6.45) is 1.30. The Labute approximate surface area is 95.7 Å². The van der Waals surface area contributed by atoms with Gasteiger partial charge in [0.15, 0.2) is 0 Å². The standard InChI is InChI=1S/C12H18N2O2/c1-3-9-6-5-7-11(13)10(9)8-16-14-12(15)4-2/h5-7H,3-4,8,13H2,1-2H3,(H,14,15). The highest BCUT2D eigenvalue weighted by atomic mass is 16.6. The Bertz CT molecular complexity index is 364. The predicted octanol–water partition coefficient (Wildman–Crippen LogP) is 1.79. The predicted molar refractivity (Wildman–Crippen MR) is 63.5 cm³/mol. The Morgan fingerprint density at radius 2 is 2.19 bits per heavy atom. The van der Waals surface area contributed by atoms with Gasteiger partial charge in [-0.3, -0.25) is 9.63 Å². The summed E-state index contributed by atoms with van der Waals surface area (Å²) in [6.45, 7) is 4.14. The number of amides is 1. The second-order valence-corrected chi connectivity index (χ2v) is 3.51. The summed E-state index contributed by atoms with van der Waals surface area (Å²) in [6, 6.07) is 5.76. The molecule has 0 atom stereocenters. The topological polar surface area (TPSA) is 64.3 Å². The number of hydroxylamine groups is 1. The lowest BCUT2D eigenvalue weighted by molar-refractivity contribution is -0.134. The Balaban J connectivity index is 2.62. The fourth-order valence-electron chi connectivity index (χ4n) is 1.42. The molecule has 16 heavy (non-hydrogen) atoms. The lowest BCUT2D eigenvalue weighted by Gasteiger charge is -2.11. The van der Waals surface area contributed by atoms with Crippen molar-refractivity contribution in [1.82, 2.24) is 5.48 Å². The molecule has 0 aromatic heterocycles. The Hall–Kier alpha value is -1.55. The molecule has 0 fully saturated rings. The number of carbonyl (C=O) groups is 1. The van der Waals surface area contributed by atoms with Gasteiger partial charge in [-0.15, -0.1) is 0 Å². The summed E-state index contributed by atoms with van der Waals surface area (Å²) in [5, 5.41) is 0. The lowest BCUT2D eigenvalue weighted by atomic mass is 10.0. The Morgan fingerprint density at radius 1 is 1.44 bits per heavy atom. The minimum atomic E-state index is -0.132. The maximum atomic E-state index is 11.0. The molecule has 88 valence electrons. The van der Waals surface area contributed by atoms with E-state index in [1.807, 2.05) is 18.2 Å². The first-order valence-electron chi connectivity index (χ1n) is 5.45. The Morgan fingerprint density at radius 3 is 2.81 bits per heavy atom. The molecule has 1 rings (SSSR count). The van der Waals surface area contributed by atoms with E-state index in [0.29, 0.717) is 18.7 Å². The average Bonchev–Trinajstić information content (AvgIpc) is 2.30. The van der Waals surface area contributed by atoms with Gasteiger partial charge in [0.1, 0.15) is 6.61 Å². The first-order chi connectivity index (χ1) is 7.69. The van der Waals surface area contributed by atoms with E-state index in [-0.39, 0.29) is 5.91 Å². The van der Waals surface area contributed by atoms with E-state index in [1.54, 1.807) is 6.92 Å². The van der Waals surface area contributed by atoms with Crippen LogP contribution in [-0.2, 0) is 22.7 Å². The highest BCUT2D eigenvalue weighted by Crippen LogP contribution is 2.18. The molecule has 1 aromatic rings. The fraction of sp³-hybridized carbons (Fsp3) is 0.417. The van der Waals surface area contributed by atoms with Crippen LogP contribution in [0.1, 0.15) is 31.4 Å². The van der Waals surface area contributed by atoms with Gasteiger partial charge in [0, 0.05) is 17.7 Å². The van der Waals surface area contributed by atoms with Crippen LogP contribution >= 0.6 is 0 Å². The number of nitrogens with one attached hydrogen (secondary N) is 1. The molecule has 0 radical (unpaired) electrons. The number of nitrogens with two attached hydrogens (primary N) is 1. The molecule has 0 heterocycles. The monoisotopic (exact) mass is 222 g/mol. The van der Waals surface area contributed by atoms with Crippen molar-refractivity contribution in [3.63, 3.8) is 0 Å². The van der Waals surface area contributed by atoms with Gasteiger partial charge in [0.25, 0.3) is 0 Å². The second kappa shape index (κ2) is 6.12. The van der Waals surface area contributed by atoms with Gasteiger partial charge >= 0.3 is 0 Å². The molecule has 0 unspecified atom stereocenters. The van der Waals surface area contributed by atoms with Gasteiger partial charge < -0.3 is 5.73 Å². The van der Waals surface area contributed by atoms with Crippen molar-refractivity contribution in [2.75, 3.05) is 5.73 Å². The SMILES string of the molecule is CCC(=O)NOCc1c(N)cccc1CC. The molecule has 0 saturated heterocycles. The van der Waals surface area contributed by atoms with Gasteiger partial charge in [-0.25, -0.2) is 5.48 Å². The van der Waals surface area contributed by atoms with E-state index < -0.39 is 0 Å². The van der Waals surface area contributed by atoms with Crippen LogP contribution in [-0.4, -0.2) is 5.91 Å². The number of carbonyl (C=O) groups excluding carboxylic acids is 1. The maximum absolute atomic E-state index is 11.0. The minimum absolute atomic E-state index is 0.132. The van der Waals surface area contributed by atoms with Gasteiger partial charge in [0.05, 0.1) is 0 Å². The van der Waals surface area contributed by atoms with E-state index in [0.717, 1.165) is 17.5 Å². The number of rotatable bonds is 5. The molecule has 0 spiro atoms. The van der Waals surface area contributed by atoms with Crippen molar-refractivity contribution >= 4 is 11.6 Å². The fourth-order valence-corrected chi connectivity index (χ4v) is 1.42. The van der Waals surface area contributed by atoms with Crippen LogP contribution in [0.2, 0.25) is 0 Å². The van der Waals surface area contributed by atoms with Crippen LogP contribution in [0.15, 0.2) is 18.2 Å². The van der Waals surface area contributed by atoms with Crippen molar-refractivity contribution in [3.8, 4) is 0 Å². The van der Waals surface area contributed by atoms with E-state index in [1.165, 1.54) is 0 Å². The minimum Gasteiger partial charge on any atom is -0.398 e. The van der Waals surface area contributed by atoms with Crippen LogP contribution in [0.25, 0.3) is 0 Å². The molecule has 4 heteroatoms. The summed E-state index contributed by atoms with van der Waals surface area (Å²) in [4.78, 5) is 16.1. The highest BCUT2D eigenvalue weighted by molar-refractivity contribution is 5.74. The maximum Gasteiger partial charge on any atom is 0.243 e. The van der Waals surface area contributed by atoms with E-state index >= 15 is 0 Å². The van der Waals surface area contributed by atoms with Gasteiger partial charge in [-0.1, -0.05) is 26.0 Å². The van der Waals surface area contributed by atoms with Crippen LogP contribution in [0.5, 0.6) is 0 Å². The number of nitrogen functional groups attached to an aromatic ring is 1. The average molecular weight is 222 g/mol. The van der Waals surface area contributed by atoms with Gasteiger partial charge in [-0.05, 0) is 18.1 Å². The van der Waals surface area contributed by atoms with Crippen molar-refractivity contribution < 1.29 is 9.63 Å². The number of hydrogen-bond acceptors (Lipinski definition) is 3. The van der Waals surface area contributed by atoms with Crippen molar-refractivity contribution in [2.45, 2.75) is 33.3 Å². The number of benzene rings is 1. The van der Waals surface area contributed by atoms with Gasteiger partial charge in [0.2, 0.25) is 5.91 Å². The summed E-state index contributed by atoms with van der Waals surface area (Å²) in [7, 11) is 0. The first kappa shape index (κ1) is 12.5. The molecule has 4 nitrogen and oxygen atoms in total. The molecule has 0 aliphatic carbocycles. The van der Waals surface area contributed by atoms with Crippen LogP contribution in [0.4, 0.5) is 5.69 Å². The third kappa shape index (κ3) is 3.24. The van der Waals surface area contributed by atoms with E-state index in [4.69, 9.17) is 10.6 Å². The van der Waals surface area contributed by atoms with Crippen LogP contribution in [0, 0.1) is 0 Å². The quantitative estimate of drug-likeness (QED) is 0.589. The van der Waals surface area contributed by atoms with E-state index in [2.05, 4.69) is 12.4 Å². The molecule has 1 amide bonds. The first-order valence-corrected chi connectivity index (χ1v) is 5.45. The number of anilines is 1. The lowest BCUT2D eigenvalue weighted by Crippen LogP contribution is -2.22. The second-order valence-electron chi connectivity index (χ2n) is 3.51. The summed E-state index contributed by atoms with van der Waals surface area (Å²) in [5.74, 6) is -0.132. The molecule has 1 aromatic carbocycles. The van der Waals surface area contributed by atoms with Crippen LogP contribution in [0.3, 0.4) is 0 Å². The van der Waals surface area contributed by atoms with Crippen molar-refractivity contribution in [3.05, 3.63) is 29.3 Å². The summed E-state index contributed by atoms with van der Waals surface area (Å²) in [5.41, 5.74) is 11.0. The largest absolute Gasteiger partial charge is 0.398 e. The molecule has 0 aliphatic heterocycles. The normalized spacial score (nSPS) is 10.1. The Kier molecular flexibility index (Phi) is 4.79. The molecule has 3 N–H and O–H groups in total. The zero-order valence-corrected chi connectivity index (χ0v) is 9.75. The molecular formula is C12H18N2O2. The molecular weight excluding hydrogens is 204 g/mol. The third-order valence-electron chi connectivity index (χ3n) is 2.41. The van der Waals surface area contributed by atoms with E-state index in [9.17, 15) is 4.79 Å².